The molecule has 1 heteroatoms. The maximum absolute atomic E-state index is 3.39. The van der Waals surface area contributed by atoms with Crippen molar-refractivity contribution in [3.63, 3.8) is 0 Å². The Morgan fingerprint density at radius 2 is 2.11 bits per heavy atom. The average Bonchev–Trinajstić information content (AvgIpc) is 2.41. The van der Waals surface area contributed by atoms with E-state index in [0.717, 1.165) is 24.8 Å². The SMILES string of the molecule is CCc1cccc(C2CC(C)(C)CCC2CNC)c1. The number of benzene rings is 1. The monoisotopic (exact) mass is 259 g/mol. The van der Waals surface area contributed by atoms with E-state index < -0.39 is 0 Å². The molecule has 1 aromatic carbocycles. The first-order valence-corrected chi connectivity index (χ1v) is 7.79. The Balaban J connectivity index is 2.25. The normalized spacial score (nSPS) is 26.3. The summed E-state index contributed by atoms with van der Waals surface area (Å²) in [5, 5.41) is 3.39. The number of rotatable bonds is 4. The van der Waals surface area contributed by atoms with Crippen molar-refractivity contribution < 1.29 is 0 Å². The van der Waals surface area contributed by atoms with Gasteiger partial charge in [-0.1, -0.05) is 45.0 Å². The number of nitrogens with one attached hydrogen (secondary N) is 1. The summed E-state index contributed by atoms with van der Waals surface area (Å²) in [4.78, 5) is 0. The smallest absolute Gasteiger partial charge is 0.00177 e. The van der Waals surface area contributed by atoms with Gasteiger partial charge in [0.2, 0.25) is 0 Å². The Bertz CT molecular complexity index is 408. The fraction of sp³-hybridized carbons (Fsp3) is 0.667. The summed E-state index contributed by atoms with van der Waals surface area (Å²) in [5.74, 6) is 1.52. The Labute approximate surface area is 118 Å². The van der Waals surface area contributed by atoms with Crippen molar-refractivity contribution >= 4 is 0 Å². The van der Waals surface area contributed by atoms with E-state index in [1.165, 1.54) is 24.8 Å². The van der Waals surface area contributed by atoms with Crippen molar-refractivity contribution in [3.05, 3.63) is 35.4 Å². The Morgan fingerprint density at radius 1 is 1.32 bits per heavy atom. The van der Waals surface area contributed by atoms with Gasteiger partial charge in [-0.25, -0.2) is 0 Å². The van der Waals surface area contributed by atoms with Gasteiger partial charge in [-0.15, -0.1) is 0 Å². The molecule has 0 radical (unpaired) electrons. The van der Waals surface area contributed by atoms with Gasteiger partial charge in [0.1, 0.15) is 0 Å². The molecule has 1 aromatic rings. The van der Waals surface area contributed by atoms with E-state index in [-0.39, 0.29) is 0 Å². The van der Waals surface area contributed by atoms with Gasteiger partial charge in [-0.2, -0.15) is 0 Å². The van der Waals surface area contributed by atoms with Gasteiger partial charge in [-0.05, 0) is 67.7 Å². The van der Waals surface area contributed by atoms with E-state index in [1.807, 2.05) is 0 Å². The maximum Gasteiger partial charge on any atom is -0.00177 e. The second kappa shape index (κ2) is 6.09. The van der Waals surface area contributed by atoms with Crippen LogP contribution in [-0.4, -0.2) is 13.6 Å². The zero-order valence-electron chi connectivity index (χ0n) is 13.0. The standard InChI is InChI=1S/C18H29N/c1-5-14-7-6-8-15(11-14)17-12-18(2,3)10-9-16(17)13-19-4/h6-8,11,16-17,19H,5,9-10,12-13H2,1-4H3. The summed E-state index contributed by atoms with van der Waals surface area (Å²) in [6.07, 6.45) is 5.19. The van der Waals surface area contributed by atoms with Crippen LogP contribution in [0.4, 0.5) is 0 Å². The highest BCUT2D eigenvalue weighted by Gasteiger charge is 2.35. The first-order valence-electron chi connectivity index (χ1n) is 7.79. The lowest BCUT2D eigenvalue weighted by atomic mass is 9.65. The molecule has 1 N–H and O–H groups in total. The molecule has 19 heavy (non-hydrogen) atoms. The molecule has 0 aromatic heterocycles. The Morgan fingerprint density at radius 3 is 2.79 bits per heavy atom. The van der Waals surface area contributed by atoms with Gasteiger partial charge < -0.3 is 5.32 Å². The van der Waals surface area contributed by atoms with Crippen LogP contribution in [0.3, 0.4) is 0 Å². The second-order valence-electron chi connectivity index (χ2n) is 6.93. The molecule has 0 saturated heterocycles. The predicted octanol–water partition coefficient (Wildman–Crippen LogP) is 4.38. The van der Waals surface area contributed by atoms with E-state index in [1.54, 1.807) is 5.56 Å². The zero-order valence-corrected chi connectivity index (χ0v) is 13.0. The van der Waals surface area contributed by atoms with Crippen LogP contribution in [0.25, 0.3) is 0 Å². The molecule has 1 saturated carbocycles. The van der Waals surface area contributed by atoms with Crippen molar-refractivity contribution in [2.45, 2.75) is 52.4 Å². The first-order chi connectivity index (χ1) is 9.05. The molecule has 1 aliphatic carbocycles. The molecule has 2 unspecified atom stereocenters. The van der Waals surface area contributed by atoms with Gasteiger partial charge >= 0.3 is 0 Å². The summed E-state index contributed by atoms with van der Waals surface area (Å²) in [5.41, 5.74) is 3.54. The molecule has 0 bridgehead atoms. The Kier molecular flexibility index (Phi) is 4.67. The van der Waals surface area contributed by atoms with Crippen LogP contribution in [0.1, 0.15) is 57.1 Å². The van der Waals surface area contributed by atoms with E-state index in [0.29, 0.717) is 5.41 Å². The third kappa shape index (κ3) is 3.60. The Hall–Kier alpha value is -0.820. The highest BCUT2D eigenvalue weighted by atomic mass is 14.8. The second-order valence-corrected chi connectivity index (χ2v) is 6.93. The van der Waals surface area contributed by atoms with Gasteiger partial charge in [0.25, 0.3) is 0 Å². The lowest BCUT2D eigenvalue weighted by Crippen LogP contribution is -2.33. The van der Waals surface area contributed by atoms with Crippen molar-refractivity contribution in [2.75, 3.05) is 13.6 Å². The molecule has 0 aliphatic heterocycles. The van der Waals surface area contributed by atoms with Crippen molar-refractivity contribution in [2.24, 2.45) is 11.3 Å². The largest absolute Gasteiger partial charge is 0.319 e. The van der Waals surface area contributed by atoms with Crippen LogP contribution >= 0.6 is 0 Å². The van der Waals surface area contributed by atoms with Gasteiger partial charge in [0.15, 0.2) is 0 Å². The summed E-state index contributed by atoms with van der Waals surface area (Å²) >= 11 is 0. The molecule has 1 nitrogen and oxygen atoms in total. The van der Waals surface area contributed by atoms with E-state index in [9.17, 15) is 0 Å². The summed E-state index contributed by atoms with van der Waals surface area (Å²) in [6.45, 7) is 8.25. The van der Waals surface area contributed by atoms with Crippen LogP contribution in [0.5, 0.6) is 0 Å². The van der Waals surface area contributed by atoms with Crippen LogP contribution in [-0.2, 0) is 6.42 Å². The fourth-order valence-electron chi connectivity index (χ4n) is 3.58. The molecular weight excluding hydrogens is 230 g/mol. The number of hydrogen-bond acceptors (Lipinski definition) is 1. The van der Waals surface area contributed by atoms with Gasteiger partial charge in [0, 0.05) is 0 Å². The minimum absolute atomic E-state index is 0.497. The fourth-order valence-corrected chi connectivity index (χ4v) is 3.58. The molecule has 0 heterocycles. The highest BCUT2D eigenvalue weighted by molar-refractivity contribution is 5.28. The molecule has 2 atom stereocenters. The van der Waals surface area contributed by atoms with Crippen LogP contribution in [0.15, 0.2) is 24.3 Å². The third-order valence-electron chi connectivity index (χ3n) is 4.79. The van der Waals surface area contributed by atoms with E-state index in [2.05, 4.69) is 57.4 Å². The molecule has 0 amide bonds. The van der Waals surface area contributed by atoms with Crippen molar-refractivity contribution in [1.29, 1.82) is 0 Å². The molecule has 106 valence electrons. The first kappa shape index (κ1) is 14.6. The minimum atomic E-state index is 0.497. The maximum atomic E-state index is 3.39. The van der Waals surface area contributed by atoms with E-state index in [4.69, 9.17) is 0 Å². The summed E-state index contributed by atoms with van der Waals surface area (Å²) < 4.78 is 0. The average molecular weight is 259 g/mol. The van der Waals surface area contributed by atoms with Gasteiger partial charge in [0.05, 0.1) is 0 Å². The molecule has 0 spiro atoms. The molecule has 2 rings (SSSR count). The summed E-state index contributed by atoms with van der Waals surface area (Å²) in [7, 11) is 2.08. The molecular formula is C18H29N. The predicted molar refractivity (Wildman–Crippen MR) is 83.6 cm³/mol. The summed E-state index contributed by atoms with van der Waals surface area (Å²) in [6, 6.07) is 9.28. The third-order valence-corrected chi connectivity index (χ3v) is 4.79. The highest BCUT2D eigenvalue weighted by Crippen LogP contribution is 2.46. The zero-order chi connectivity index (χ0) is 13.9. The molecule has 1 fully saturated rings. The van der Waals surface area contributed by atoms with Crippen molar-refractivity contribution in [3.8, 4) is 0 Å². The topological polar surface area (TPSA) is 12.0 Å². The van der Waals surface area contributed by atoms with Gasteiger partial charge in [-0.3, -0.25) is 0 Å². The quantitative estimate of drug-likeness (QED) is 0.846. The van der Waals surface area contributed by atoms with E-state index >= 15 is 0 Å². The van der Waals surface area contributed by atoms with Crippen LogP contribution in [0, 0.1) is 11.3 Å². The van der Waals surface area contributed by atoms with Crippen LogP contribution in [0.2, 0.25) is 0 Å². The molecule has 1 aliphatic rings. The van der Waals surface area contributed by atoms with Crippen LogP contribution < -0.4 is 5.32 Å². The lowest BCUT2D eigenvalue weighted by Gasteiger charge is -2.41. The number of aryl methyl sites for hydroxylation is 1. The lowest BCUT2D eigenvalue weighted by molar-refractivity contribution is 0.161. The van der Waals surface area contributed by atoms with Crippen molar-refractivity contribution in [1.82, 2.24) is 5.32 Å². The minimum Gasteiger partial charge on any atom is -0.319 e. The number of hydrogen-bond donors (Lipinski definition) is 1.